The second-order valence-electron chi connectivity index (χ2n) is 7.06. The van der Waals surface area contributed by atoms with Gasteiger partial charge >= 0.3 is 0 Å². The van der Waals surface area contributed by atoms with Crippen LogP contribution in [0.3, 0.4) is 0 Å². The van der Waals surface area contributed by atoms with Gasteiger partial charge in [-0.25, -0.2) is 0 Å². The van der Waals surface area contributed by atoms with E-state index in [1.807, 2.05) is 0 Å². The Morgan fingerprint density at radius 2 is 0.619 bits per heavy atom. The molecule has 0 saturated carbocycles. The van der Waals surface area contributed by atoms with E-state index in [0.717, 1.165) is 0 Å². The Balaban J connectivity index is 4.52. The fraction of sp³-hybridized carbons (Fsp3) is 1.00. The van der Waals surface area contributed by atoms with Crippen molar-refractivity contribution in [3.63, 3.8) is 0 Å². The molecule has 0 N–H and O–H groups in total. The lowest BCUT2D eigenvalue weighted by Crippen LogP contribution is -2.13. The van der Waals surface area contributed by atoms with Crippen molar-refractivity contribution in [1.82, 2.24) is 0 Å². The predicted octanol–water partition coefficient (Wildman–Crippen LogP) is 7.76. The molecule has 0 heterocycles. The number of hydrogen-bond acceptors (Lipinski definition) is 0. The summed E-state index contributed by atoms with van der Waals surface area (Å²) >= 11 is 0. The van der Waals surface area contributed by atoms with Gasteiger partial charge in [0.1, 0.15) is 0 Å². The zero-order valence-corrected chi connectivity index (χ0v) is 16.7. The molecule has 0 spiro atoms. The van der Waals surface area contributed by atoms with Crippen LogP contribution >= 0.6 is 7.26 Å². The molecular formula is C20H44P+. The molecule has 0 aromatic heterocycles. The molecule has 0 saturated heterocycles. The second-order valence-corrected chi connectivity index (χ2v) is 11.5. The number of hydrogen-bond donors (Lipinski definition) is 0. The fourth-order valence-corrected chi connectivity index (χ4v) is 8.38. The summed E-state index contributed by atoms with van der Waals surface area (Å²) < 4.78 is 0. The molecule has 0 aliphatic carbocycles. The van der Waals surface area contributed by atoms with E-state index in [9.17, 15) is 0 Å². The first-order valence-corrected chi connectivity index (χ1v) is 12.6. The van der Waals surface area contributed by atoms with Gasteiger partial charge in [0.05, 0.1) is 24.6 Å². The van der Waals surface area contributed by atoms with E-state index in [4.69, 9.17) is 0 Å². The van der Waals surface area contributed by atoms with E-state index in [2.05, 4.69) is 27.7 Å². The van der Waals surface area contributed by atoms with Crippen molar-refractivity contribution in [2.45, 2.75) is 105 Å². The smallest absolute Gasteiger partial charge is 0.0594 e. The highest BCUT2D eigenvalue weighted by Crippen LogP contribution is 2.61. The third kappa shape index (κ3) is 11.6. The van der Waals surface area contributed by atoms with E-state index < -0.39 is 7.26 Å². The normalized spacial score (nSPS) is 12.0. The van der Waals surface area contributed by atoms with E-state index in [0.29, 0.717) is 0 Å². The molecule has 0 aromatic carbocycles. The Kier molecular flexibility index (Phi) is 15.6. The van der Waals surface area contributed by atoms with E-state index in [-0.39, 0.29) is 0 Å². The largest absolute Gasteiger partial charge is 0.0654 e. The summed E-state index contributed by atoms with van der Waals surface area (Å²) in [7, 11) is -0.615. The summed E-state index contributed by atoms with van der Waals surface area (Å²) in [5.74, 6) is 0. The van der Waals surface area contributed by atoms with Crippen LogP contribution in [0.5, 0.6) is 0 Å². The molecule has 21 heavy (non-hydrogen) atoms. The van der Waals surface area contributed by atoms with Crippen LogP contribution in [0.4, 0.5) is 0 Å². The lowest BCUT2D eigenvalue weighted by molar-refractivity contribution is 0.728. The van der Waals surface area contributed by atoms with Crippen LogP contribution in [0.15, 0.2) is 0 Å². The molecule has 0 unspecified atom stereocenters. The fourth-order valence-electron chi connectivity index (χ4n) is 3.46. The number of rotatable bonds is 16. The maximum Gasteiger partial charge on any atom is 0.0594 e. The first kappa shape index (κ1) is 21.4. The highest BCUT2D eigenvalue weighted by molar-refractivity contribution is 7.75. The van der Waals surface area contributed by atoms with Crippen LogP contribution in [0, 0.1) is 0 Å². The minimum absolute atomic E-state index is 0.615. The van der Waals surface area contributed by atoms with Gasteiger partial charge in [-0.2, -0.15) is 0 Å². The SMILES string of the molecule is CCCCC[P+](CCCCC)(CCCCC)CCCCC. The predicted molar refractivity (Wildman–Crippen MR) is 104 cm³/mol. The van der Waals surface area contributed by atoms with Crippen molar-refractivity contribution in [2.75, 3.05) is 24.6 Å². The quantitative estimate of drug-likeness (QED) is 0.201. The molecule has 0 aromatic rings. The van der Waals surface area contributed by atoms with Gasteiger partial charge in [-0.15, -0.1) is 0 Å². The molecule has 0 atom stereocenters. The van der Waals surface area contributed by atoms with Crippen LogP contribution in [-0.4, -0.2) is 24.6 Å². The highest BCUT2D eigenvalue weighted by Gasteiger charge is 2.34. The van der Waals surface area contributed by atoms with Gasteiger partial charge in [0.25, 0.3) is 0 Å². The van der Waals surface area contributed by atoms with Gasteiger partial charge < -0.3 is 0 Å². The first-order chi connectivity index (χ1) is 10.2. The molecule has 0 rings (SSSR count). The summed E-state index contributed by atoms with van der Waals surface area (Å²) in [5, 5.41) is 0. The molecule has 0 aliphatic heterocycles. The molecule has 0 amide bonds. The maximum absolute atomic E-state index is 2.35. The van der Waals surface area contributed by atoms with Gasteiger partial charge in [0, 0.05) is 7.26 Å². The lowest BCUT2D eigenvalue weighted by Gasteiger charge is -2.28. The molecular weight excluding hydrogens is 271 g/mol. The Morgan fingerprint density at radius 1 is 0.381 bits per heavy atom. The summed E-state index contributed by atoms with van der Waals surface area (Å²) in [5.41, 5.74) is 0. The molecule has 0 radical (unpaired) electrons. The van der Waals surface area contributed by atoms with Gasteiger partial charge in [-0.05, 0) is 25.7 Å². The van der Waals surface area contributed by atoms with Gasteiger partial charge in [-0.1, -0.05) is 79.1 Å². The topological polar surface area (TPSA) is 0 Å². The van der Waals surface area contributed by atoms with Crippen molar-refractivity contribution in [2.24, 2.45) is 0 Å². The molecule has 0 aliphatic rings. The van der Waals surface area contributed by atoms with Gasteiger partial charge in [-0.3, -0.25) is 0 Å². The first-order valence-electron chi connectivity index (χ1n) is 10.1. The van der Waals surface area contributed by atoms with Crippen LogP contribution in [-0.2, 0) is 0 Å². The summed E-state index contributed by atoms with van der Waals surface area (Å²) in [4.78, 5) is 0. The van der Waals surface area contributed by atoms with Gasteiger partial charge in [0.15, 0.2) is 0 Å². The average Bonchev–Trinajstić information content (AvgIpc) is 2.48. The Hall–Kier alpha value is 0.430. The van der Waals surface area contributed by atoms with Crippen molar-refractivity contribution in [3.05, 3.63) is 0 Å². The Morgan fingerprint density at radius 3 is 0.810 bits per heavy atom. The Labute approximate surface area is 137 Å². The summed E-state index contributed by atoms with van der Waals surface area (Å²) in [6.45, 7) is 9.41. The molecule has 1 heteroatoms. The Bertz CT molecular complexity index is 155. The minimum atomic E-state index is -0.615. The lowest BCUT2D eigenvalue weighted by atomic mass is 10.3. The van der Waals surface area contributed by atoms with Gasteiger partial charge in [0.2, 0.25) is 0 Å². The summed E-state index contributed by atoms with van der Waals surface area (Å²) in [6, 6.07) is 0. The molecule has 0 nitrogen and oxygen atoms in total. The molecule has 128 valence electrons. The van der Waals surface area contributed by atoms with Crippen molar-refractivity contribution >= 4 is 7.26 Å². The van der Waals surface area contributed by atoms with Crippen LogP contribution in [0.1, 0.15) is 105 Å². The monoisotopic (exact) mass is 315 g/mol. The van der Waals surface area contributed by atoms with Crippen molar-refractivity contribution in [1.29, 1.82) is 0 Å². The van der Waals surface area contributed by atoms with Crippen LogP contribution < -0.4 is 0 Å². The zero-order chi connectivity index (χ0) is 15.8. The molecule has 0 fully saturated rings. The molecule has 0 bridgehead atoms. The highest BCUT2D eigenvalue weighted by atomic mass is 31.2. The minimum Gasteiger partial charge on any atom is -0.0654 e. The maximum atomic E-state index is 2.35. The number of unbranched alkanes of at least 4 members (excludes halogenated alkanes) is 8. The van der Waals surface area contributed by atoms with Crippen LogP contribution in [0.2, 0.25) is 0 Å². The van der Waals surface area contributed by atoms with Crippen molar-refractivity contribution in [3.8, 4) is 0 Å². The zero-order valence-electron chi connectivity index (χ0n) is 15.8. The second kappa shape index (κ2) is 15.3. The standard InChI is InChI=1S/C20H44P/c1-5-9-13-17-21(18-14-10-6-2,19-15-11-7-3)20-16-12-8-4/h5-20H2,1-4H3/q+1. The van der Waals surface area contributed by atoms with Crippen molar-refractivity contribution < 1.29 is 0 Å². The van der Waals surface area contributed by atoms with Crippen LogP contribution in [0.25, 0.3) is 0 Å². The van der Waals surface area contributed by atoms with E-state index in [1.54, 1.807) is 24.6 Å². The van der Waals surface area contributed by atoms with E-state index >= 15 is 0 Å². The average molecular weight is 316 g/mol. The van der Waals surface area contributed by atoms with E-state index in [1.165, 1.54) is 77.0 Å². The third-order valence-electron chi connectivity index (χ3n) is 4.94. The summed E-state index contributed by atoms with van der Waals surface area (Å²) in [6.07, 6.45) is 24.0. The third-order valence-corrected chi connectivity index (χ3v) is 10.0.